The van der Waals surface area contributed by atoms with Crippen LogP contribution in [-0.2, 0) is 4.79 Å². The first kappa shape index (κ1) is 12.1. The summed E-state index contributed by atoms with van der Waals surface area (Å²) < 4.78 is 0. The minimum atomic E-state index is -0.112. The lowest BCUT2D eigenvalue weighted by molar-refractivity contribution is -0.105. The van der Waals surface area contributed by atoms with Crippen LogP contribution in [0.4, 0.5) is 5.69 Å². The molecule has 5 heteroatoms. The van der Waals surface area contributed by atoms with Crippen LogP contribution in [0, 0.1) is 0 Å². The minimum Gasteiger partial charge on any atom is -0.345 e. The lowest BCUT2D eigenvalue weighted by atomic mass is 10.0. The van der Waals surface area contributed by atoms with E-state index in [4.69, 9.17) is 0 Å². The van der Waals surface area contributed by atoms with E-state index < -0.39 is 0 Å². The maximum absolute atomic E-state index is 12.5. The van der Waals surface area contributed by atoms with Gasteiger partial charge in [0.2, 0.25) is 6.41 Å². The SMILES string of the molecule is O=CNc1cccc(C(=O)c2c[nH]c3ncccc23)c1. The number of fused-ring (bicyclic) bond motifs is 1. The molecule has 0 saturated heterocycles. The van der Waals surface area contributed by atoms with Crippen LogP contribution < -0.4 is 5.32 Å². The van der Waals surface area contributed by atoms with Crippen molar-refractivity contribution in [2.24, 2.45) is 0 Å². The van der Waals surface area contributed by atoms with Gasteiger partial charge in [0.05, 0.1) is 0 Å². The van der Waals surface area contributed by atoms with Crippen molar-refractivity contribution in [2.45, 2.75) is 0 Å². The molecular formula is C15H11N3O2. The van der Waals surface area contributed by atoms with Crippen LogP contribution in [0.3, 0.4) is 0 Å². The molecule has 5 nitrogen and oxygen atoms in total. The number of hydrogen-bond acceptors (Lipinski definition) is 3. The van der Waals surface area contributed by atoms with E-state index in [2.05, 4.69) is 15.3 Å². The molecule has 0 fully saturated rings. The van der Waals surface area contributed by atoms with Gasteiger partial charge in [-0.15, -0.1) is 0 Å². The molecule has 2 N–H and O–H groups in total. The summed E-state index contributed by atoms with van der Waals surface area (Å²) in [6.07, 6.45) is 3.90. The van der Waals surface area contributed by atoms with Crippen molar-refractivity contribution in [2.75, 3.05) is 5.32 Å². The van der Waals surface area contributed by atoms with Gasteiger partial charge in [-0.25, -0.2) is 4.98 Å². The maximum atomic E-state index is 12.5. The smallest absolute Gasteiger partial charge is 0.211 e. The highest BCUT2D eigenvalue weighted by molar-refractivity contribution is 6.16. The Balaban J connectivity index is 2.04. The average Bonchev–Trinajstić information content (AvgIpc) is 2.91. The second kappa shape index (κ2) is 4.97. The molecule has 20 heavy (non-hydrogen) atoms. The number of ketones is 1. The molecule has 0 bridgehead atoms. The third-order valence-corrected chi connectivity index (χ3v) is 3.05. The standard InChI is InChI=1S/C15H11N3O2/c19-9-18-11-4-1-3-10(7-11)14(20)13-8-17-15-12(13)5-2-6-16-15/h1-9H,(H,16,17)(H,18,19). The van der Waals surface area contributed by atoms with Gasteiger partial charge in [-0.1, -0.05) is 12.1 Å². The Labute approximate surface area is 114 Å². The number of carbonyl (C=O) groups is 2. The van der Waals surface area contributed by atoms with E-state index in [1.807, 2.05) is 6.07 Å². The molecule has 0 spiro atoms. The van der Waals surface area contributed by atoms with Crippen LogP contribution >= 0.6 is 0 Å². The summed E-state index contributed by atoms with van der Waals surface area (Å²) in [4.78, 5) is 30.1. The largest absolute Gasteiger partial charge is 0.345 e. The quantitative estimate of drug-likeness (QED) is 0.561. The van der Waals surface area contributed by atoms with Crippen LogP contribution in [-0.4, -0.2) is 22.2 Å². The number of hydrogen-bond donors (Lipinski definition) is 2. The van der Waals surface area contributed by atoms with Gasteiger partial charge in [0.1, 0.15) is 5.65 Å². The predicted octanol–water partition coefficient (Wildman–Crippen LogP) is 2.36. The van der Waals surface area contributed by atoms with Crippen molar-refractivity contribution in [3.05, 3.63) is 59.9 Å². The number of aromatic nitrogens is 2. The fraction of sp³-hybridized carbons (Fsp3) is 0. The van der Waals surface area contributed by atoms with Gasteiger partial charge in [0.25, 0.3) is 0 Å². The first-order chi connectivity index (χ1) is 9.79. The van der Waals surface area contributed by atoms with E-state index in [1.165, 1.54) is 0 Å². The molecule has 0 atom stereocenters. The summed E-state index contributed by atoms with van der Waals surface area (Å²) in [5.41, 5.74) is 2.35. The van der Waals surface area contributed by atoms with Gasteiger partial charge in [-0.3, -0.25) is 9.59 Å². The van der Waals surface area contributed by atoms with Crippen LogP contribution in [0.5, 0.6) is 0 Å². The number of amides is 1. The molecule has 0 unspecified atom stereocenters. The van der Waals surface area contributed by atoms with Crippen molar-refractivity contribution in [3.8, 4) is 0 Å². The first-order valence-electron chi connectivity index (χ1n) is 6.06. The van der Waals surface area contributed by atoms with Gasteiger partial charge in [-0.05, 0) is 24.3 Å². The summed E-state index contributed by atoms with van der Waals surface area (Å²) >= 11 is 0. The molecule has 0 aliphatic heterocycles. The first-order valence-corrected chi connectivity index (χ1v) is 6.06. The molecule has 3 rings (SSSR count). The molecule has 0 saturated carbocycles. The van der Waals surface area contributed by atoms with Crippen molar-refractivity contribution < 1.29 is 9.59 Å². The third kappa shape index (κ3) is 2.05. The number of benzene rings is 1. The van der Waals surface area contributed by atoms with Gasteiger partial charge in [-0.2, -0.15) is 0 Å². The summed E-state index contributed by atoms with van der Waals surface area (Å²) in [6, 6.07) is 10.4. The molecule has 98 valence electrons. The van der Waals surface area contributed by atoms with Crippen molar-refractivity contribution >= 4 is 28.9 Å². The second-order valence-corrected chi connectivity index (χ2v) is 4.27. The van der Waals surface area contributed by atoms with Crippen molar-refractivity contribution in [1.82, 2.24) is 9.97 Å². The van der Waals surface area contributed by atoms with Gasteiger partial charge < -0.3 is 10.3 Å². The highest BCUT2D eigenvalue weighted by atomic mass is 16.1. The zero-order valence-corrected chi connectivity index (χ0v) is 10.5. The molecular weight excluding hydrogens is 254 g/mol. The summed E-state index contributed by atoms with van der Waals surface area (Å²) in [5.74, 6) is -0.112. The molecule has 0 aliphatic carbocycles. The topological polar surface area (TPSA) is 74.8 Å². The normalized spacial score (nSPS) is 10.4. The fourth-order valence-corrected chi connectivity index (χ4v) is 2.12. The lowest BCUT2D eigenvalue weighted by Gasteiger charge is -2.03. The highest BCUT2D eigenvalue weighted by Crippen LogP contribution is 2.20. The monoisotopic (exact) mass is 265 g/mol. The van der Waals surface area contributed by atoms with Gasteiger partial charge in [0.15, 0.2) is 5.78 Å². The van der Waals surface area contributed by atoms with Gasteiger partial charge in [0, 0.05) is 34.6 Å². The van der Waals surface area contributed by atoms with Crippen LogP contribution in [0.2, 0.25) is 0 Å². The maximum Gasteiger partial charge on any atom is 0.211 e. The van der Waals surface area contributed by atoms with E-state index in [0.29, 0.717) is 28.9 Å². The number of rotatable bonds is 4. The van der Waals surface area contributed by atoms with Crippen molar-refractivity contribution in [3.63, 3.8) is 0 Å². The molecule has 0 aliphatic rings. The summed E-state index contributed by atoms with van der Waals surface area (Å²) in [7, 11) is 0. The molecule has 2 aromatic heterocycles. The van der Waals surface area contributed by atoms with E-state index in [-0.39, 0.29) is 5.78 Å². The Morgan fingerprint density at radius 1 is 1.25 bits per heavy atom. The summed E-state index contributed by atoms with van der Waals surface area (Å²) in [6.45, 7) is 0. The van der Waals surface area contributed by atoms with E-state index in [1.54, 1.807) is 42.7 Å². The predicted molar refractivity (Wildman–Crippen MR) is 75.7 cm³/mol. The van der Waals surface area contributed by atoms with E-state index in [9.17, 15) is 9.59 Å². The Morgan fingerprint density at radius 2 is 2.15 bits per heavy atom. The zero-order valence-electron chi connectivity index (χ0n) is 10.5. The zero-order chi connectivity index (χ0) is 13.9. The summed E-state index contributed by atoms with van der Waals surface area (Å²) in [5, 5.41) is 3.32. The van der Waals surface area contributed by atoms with Crippen LogP contribution in [0.25, 0.3) is 11.0 Å². The fourth-order valence-electron chi connectivity index (χ4n) is 2.12. The van der Waals surface area contributed by atoms with E-state index in [0.717, 1.165) is 5.39 Å². The van der Waals surface area contributed by atoms with Crippen LogP contribution in [0.1, 0.15) is 15.9 Å². The number of nitrogens with zero attached hydrogens (tertiary/aromatic N) is 1. The Hall–Kier alpha value is -2.95. The third-order valence-electron chi connectivity index (χ3n) is 3.05. The Kier molecular flexibility index (Phi) is 3.01. The average molecular weight is 265 g/mol. The number of H-pyrrole nitrogens is 1. The Bertz CT molecular complexity index is 792. The number of anilines is 1. The highest BCUT2D eigenvalue weighted by Gasteiger charge is 2.14. The van der Waals surface area contributed by atoms with E-state index >= 15 is 0 Å². The van der Waals surface area contributed by atoms with Crippen molar-refractivity contribution in [1.29, 1.82) is 0 Å². The minimum absolute atomic E-state index is 0.112. The second-order valence-electron chi connectivity index (χ2n) is 4.27. The number of carbonyl (C=O) groups excluding carboxylic acids is 2. The number of aromatic amines is 1. The lowest BCUT2D eigenvalue weighted by Crippen LogP contribution is -2.02. The number of nitrogens with one attached hydrogen (secondary N) is 2. The number of pyridine rings is 1. The molecule has 2 heterocycles. The Morgan fingerprint density at radius 3 is 3.00 bits per heavy atom. The molecule has 1 amide bonds. The van der Waals surface area contributed by atoms with Gasteiger partial charge >= 0.3 is 0 Å². The molecule has 1 aromatic carbocycles. The van der Waals surface area contributed by atoms with Crippen LogP contribution in [0.15, 0.2) is 48.8 Å². The molecule has 3 aromatic rings. The molecule has 0 radical (unpaired) electrons.